The van der Waals surface area contributed by atoms with E-state index >= 15 is 0 Å². The second kappa shape index (κ2) is 2.32. The molecule has 80 valence electrons. The predicted molar refractivity (Wildman–Crippen MR) is 46.7 cm³/mol. The van der Waals surface area contributed by atoms with Crippen molar-refractivity contribution < 1.29 is 19.5 Å². The Kier molecular flexibility index (Phi) is 1.34. The number of fused-ring (bicyclic) bond motifs is 2. The number of rotatable bonds is 1. The molecule has 4 unspecified atom stereocenters. The van der Waals surface area contributed by atoms with E-state index in [0.29, 0.717) is 12.8 Å². The lowest BCUT2D eigenvalue weighted by Gasteiger charge is -2.22. The summed E-state index contributed by atoms with van der Waals surface area (Å²) in [5.74, 6) is -1.82. The summed E-state index contributed by atoms with van der Waals surface area (Å²) in [6, 6.07) is -0.503. The van der Waals surface area contributed by atoms with E-state index in [1.807, 2.05) is 0 Å². The summed E-state index contributed by atoms with van der Waals surface area (Å²) in [7, 11) is 0. The lowest BCUT2D eigenvalue weighted by Crippen LogP contribution is -2.48. The Bertz CT molecular complexity index is 394. The van der Waals surface area contributed by atoms with Gasteiger partial charge in [0.15, 0.2) is 0 Å². The number of urea groups is 1. The molecule has 3 rings (SSSR count). The van der Waals surface area contributed by atoms with Gasteiger partial charge in [0.2, 0.25) is 0 Å². The summed E-state index contributed by atoms with van der Waals surface area (Å²) >= 11 is 0. The number of hydrogen-bond donors (Lipinski definition) is 3. The maximum atomic E-state index is 11.6. The van der Waals surface area contributed by atoms with Crippen molar-refractivity contribution >= 4 is 17.9 Å². The van der Waals surface area contributed by atoms with Crippen LogP contribution in [0.5, 0.6) is 0 Å². The Morgan fingerprint density at radius 3 is 2.67 bits per heavy atom. The first-order chi connectivity index (χ1) is 7.06. The highest BCUT2D eigenvalue weighted by Gasteiger charge is 2.73. The number of hydrogen-bond acceptors (Lipinski definition) is 3. The van der Waals surface area contributed by atoms with Crippen LogP contribution in [0.3, 0.4) is 0 Å². The van der Waals surface area contributed by atoms with Crippen molar-refractivity contribution in [3.8, 4) is 0 Å². The molecule has 6 heteroatoms. The van der Waals surface area contributed by atoms with Crippen LogP contribution in [0.4, 0.5) is 4.79 Å². The zero-order chi connectivity index (χ0) is 10.8. The standard InChI is InChI=1S/C9H10N2O4/c12-6(13)4-3-1-2-9(5(3)4)7(14)10-8(15)11-9/h3-5H,1-2H2,(H,12,13)(H2,10,11,14,15). The van der Waals surface area contributed by atoms with Crippen molar-refractivity contribution in [2.75, 3.05) is 0 Å². The highest BCUT2D eigenvalue weighted by atomic mass is 16.4. The number of amides is 3. The lowest BCUT2D eigenvalue weighted by molar-refractivity contribution is -0.139. The Morgan fingerprint density at radius 2 is 2.20 bits per heavy atom. The van der Waals surface area contributed by atoms with Crippen molar-refractivity contribution in [3.63, 3.8) is 0 Å². The summed E-state index contributed by atoms with van der Waals surface area (Å²) in [4.78, 5) is 33.6. The number of carbonyl (C=O) groups is 3. The van der Waals surface area contributed by atoms with E-state index in [-0.39, 0.29) is 17.7 Å². The molecule has 2 aliphatic carbocycles. The smallest absolute Gasteiger partial charge is 0.322 e. The molecule has 0 bridgehead atoms. The van der Waals surface area contributed by atoms with E-state index in [0.717, 1.165) is 0 Å². The van der Waals surface area contributed by atoms with Crippen LogP contribution < -0.4 is 10.6 Å². The predicted octanol–water partition coefficient (Wildman–Crippen LogP) is -0.695. The molecule has 0 aromatic carbocycles. The van der Waals surface area contributed by atoms with Gasteiger partial charge >= 0.3 is 12.0 Å². The molecule has 3 N–H and O–H groups in total. The molecule has 6 nitrogen and oxygen atoms in total. The summed E-state index contributed by atoms with van der Waals surface area (Å²) in [6.45, 7) is 0. The van der Waals surface area contributed by atoms with Crippen LogP contribution >= 0.6 is 0 Å². The molecule has 2 saturated carbocycles. The van der Waals surface area contributed by atoms with E-state index in [1.54, 1.807) is 0 Å². The summed E-state index contributed by atoms with van der Waals surface area (Å²) in [5.41, 5.74) is -0.926. The van der Waals surface area contributed by atoms with E-state index in [1.165, 1.54) is 0 Å². The first kappa shape index (κ1) is 8.70. The Morgan fingerprint density at radius 1 is 1.47 bits per heavy atom. The summed E-state index contributed by atoms with van der Waals surface area (Å²) in [6.07, 6.45) is 1.26. The average molecular weight is 210 g/mol. The third kappa shape index (κ3) is 0.866. The fourth-order valence-corrected chi connectivity index (χ4v) is 3.22. The highest BCUT2D eigenvalue weighted by molar-refractivity contribution is 6.08. The van der Waals surface area contributed by atoms with Crippen LogP contribution in [-0.2, 0) is 9.59 Å². The minimum atomic E-state index is -0.926. The Balaban J connectivity index is 1.92. The van der Waals surface area contributed by atoms with Gasteiger partial charge in [-0.2, -0.15) is 0 Å². The van der Waals surface area contributed by atoms with Crippen molar-refractivity contribution in [1.29, 1.82) is 0 Å². The molecule has 3 amide bonds. The van der Waals surface area contributed by atoms with Crippen LogP contribution in [0.25, 0.3) is 0 Å². The molecule has 3 aliphatic rings. The minimum absolute atomic E-state index is 0.0617. The van der Waals surface area contributed by atoms with Crippen LogP contribution in [0.1, 0.15) is 12.8 Å². The van der Waals surface area contributed by atoms with Crippen LogP contribution in [0.2, 0.25) is 0 Å². The zero-order valence-electron chi connectivity index (χ0n) is 7.82. The van der Waals surface area contributed by atoms with Gasteiger partial charge in [0.25, 0.3) is 5.91 Å². The third-order valence-electron chi connectivity index (χ3n) is 3.86. The molecule has 0 radical (unpaired) electrons. The number of imide groups is 1. The summed E-state index contributed by atoms with van der Waals surface area (Å²) in [5, 5.41) is 13.7. The normalized spacial score (nSPS) is 46.3. The molecular formula is C9H10N2O4. The Labute approximate surface area is 85.0 Å². The number of aliphatic carboxylic acids is 1. The lowest BCUT2D eigenvalue weighted by atomic mass is 9.90. The SMILES string of the molecule is O=C1NC(=O)C2(CCC3C(C(=O)O)C32)N1. The number of carboxylic acids is 1. The molecule has 1 spiro atoms. The first-order valence-corrected chi connectivity index (χ1v) is 4.93. The largest absolute Gasteiger partial charge is 0.481 e. The van der Waals surface area contributed by atoms with E-state index < -0.39 is 23.5 Å². The van der Waals surface area contributed by atoms with Crippen molar-refractivity contribution in [3.05, 3.63) is 0 Å². The zero-order valence-corrected chi connectivity index (χ0v) is 7.82. The van der Waals surface area contributed by atoms with Gasteiger partial charge in [-0.1, -0.05) is 0 Å². The molecule has 1 saturated heterocycles. The molecule has 4 atom stereocenters. The molecule has 0 aromatic heterocycles. The van der Waals surface area contributed by atoms with E-state index in [4.69, 9.17) is 5.11 Å². The van der Waals surface area contributed by atoms with Gasteiger partial charge in [0.05, 0.1) is 5.92 Å². The van der Waals surface area contributed by atoms with E-state index in [2.05, 4.69) is 10.6 Å². The quantitative estimate of drug-likeness (QED) is 0.499. The van der Waals surface area contributed by atoms with Gasteiger partial charge in [0.1, 0.15) is 5.54 Å². The maximum Gasteiger partial charge on any atom is 0.322 e. The highest BCUT2D eigenvalue weighted by Crippen LogP contribution is 2.62. The van der Waals surface area contributed by atoms with Gasteiger partial charge in [-0.3, -0.25) is 14.9 Å². The van der Waals surface area contributed by atoms with Gasteiger partial charge in [-0.05, 0) is 18.8 Å². The number of carboxylic acid groups (broad SMARTS) is 1. The maximum absolute atomic E-state index is 11.6. The van der Waals surface area contributed by atoms with Crippen molar-refractivity contribution in [1.82, 2.24) is 10.6 Å². The van der Waals surface area contributed by atoms with E-state index in [9.17, 15) is 14.4 Å². The number of carbonyl (C=O) groups excluding carboxylic acids is 2. The van der Waals surface area contributed by atoms with Crippen LogP contribution in [0, 0.1) is 17.8 Å². The molecule has 1 aliphatic heterocycles. The molecule has 0 aromatic rings. The second-order valence-electron chi connectivity index (χ2n) is 4.47. The average Bonchev–Trinajstić information content (AvgIpc) is 2.68. The second-order valence-corrected chi connectivity index (χ2v) is 4.47. The van der Waals surface area contributed by atoms with Gasteiger partial charge in [0, 0.05) is 5.92 Å². The van der Waals surface area contributed by atoms with Gasteiger partial charge < -0.3 is 10.4 Å². The van der Waals surface area contributed by atoms with Gasteiger partial charge in [-0.15, -0.1) is 0 Å². The molecule has 15 heavy (non-hydrogen) atoms. The topological polar surface area (TPSA) is 95.5 Å². The van der Waals surface area contributed by atoms with Crippen molar-refractivity contribution in [2.24, 2.45) is 17.8 Å². The molecular weight excluding hydrogens is 200 g/mol. The molecule has 3 fully saturated rings. The Hall–Kier alpha value is -1.59. The van der Waals surface area contributed by atoms with Gasteiger partial charge in [-0.25, -0.2) is 4.79 Å². The number of nitrogens with one attached hydrogen (secondary N) is 2. The van der Waals surface area contributed by atoms with Crippen molar-refractivity contribution in [2.45, 2.75) is 18.4 Å². The molecule has 1 heterocycles. The fraction of sp³-hybridized carbons (Fsp3) is 0.667. The minimum Gasteiger partial charge on any atom is -0.481 e. The summed E-state index contributed by atoms with van der Waals surface area (Å²) < 4.78 is 0. The third-order valence-corrected chi connectivity index (χ3v) is 3.86. The fourth-order valence-electron chi connectivity index (χ4n) is 3.22. The monoisotopic (exact) mass is 210 g/mol. The van der Waals surface area contributed by atoms with Crippen LogP contribution in [-0.4, -0.2) is 28.6 Å². The first-order valence-electron chi connectivity index (χ1n) is 4.93. The van der Waals surface area contributed by atoms with Crippen LogP contribution in [0.15, 0.2) is 0 Å².